The Balaban J connectivity index is 2.08. The van der Waals surface area contributed by atoms with E-state index < -0.39 is 0 Å². The second-order valence-electron chi connectivity index (χ2n) is 5.00. The van der Waals surface area contributed by atoms with Crippen LogP contribution < -0.4 is 0 Å². The highest BCUT2D eigenvalue weighted by molar-refractivity contribution is 5.12. The summed E-state index contributed by atoms with van der Waals surface area (Å²) in [7, 11) is 0. The molecule has 3 unspecified atom stereocenters. The van der Waals surface area contributed by atoms with Gasteiger partial charge in [0.15, 0.2) is 0 Å². The van der Waals surface area contributed by atoms with Crippen LogP contribution in [0.1, 0.15) is 27.7 Å². The van der Waals surface area contributed by atoms with Crippen LogP contribution in [0.15, 0.2) is 0 Å². The van der Waals surface area contributed by atoms with Crippen molar-refractivity contribution in [2.45, 2.75) is 33.8 Å². The number of hydrogen-bond donors (Lipinski definition) is 0. The Morgan fingerprint density at radius 1 is 1.36 bits per heavy atom. The molecule has 1 saturated carbocycles. The smallest absolute Gasteiger partial charge is 0.0635 e. The number of rotatable bonds is 1. The Kier molecular flexibility index (Phi) is 1.39. The molecular formula is C10H18O. The average molecular weight is 154 g/mol. The zero-order chi connectivity index (χ0) is 8.22. The van der Waals surface area contributed by atoms with Gasteiger partial charge in [-0.2, -0.15) is 0 Å². The van der Waals surface area contributed by atoms with Gasteiger partial charge in [-0.05, 0) is 23.2 Å². The molecule has 1 aliphatic carbocycles. The van der Waals surface area contributed by atoms with E-state index in [2.05, 4.69) is 27.7 Å². The van der Waals surface area contributed by atoms with Crippen molar-refractivity contribution in [2.75, 3.05) is 6.61 Å². The summed E-state index contributed by atoms with van der Waals surface area (Å²) in [4.78, 5) is 0. The topological polar surface area (TPSA) is 9.23 Å². The van der Waals surface area contributed by atoms with Crippen LogP contribution in [-0.4, -0.2) is 12.7 Å². The predicted molar refractivity (Wildman–Crippen MR) is 45.3 cm³/mol. The summed E-state index contributed by atoms with van der Waals surface area (Å²) >= 11 is 0. The first-order valence-corrected chi connectivity index (χ1v) is 4.66. The molecule has 0 aromatic rings. The molecular weight excluding hydrogens is 136 g/mol. The van der Waals surface area contributed by atoms with Gasteiger partial charge in [0.25, 0.3) is 0 Å². The van der Waals surface area contributed by atoms with Crippen molar-refractivity contribution < 1.29 is 4.74 Å². The monoisotopic (exact) mass is 154 g/mol. The van der Waals surface area contributed by atoms with Crippen molar-refractivity contribution in [3.63, 3.8) is 0 Å². The van der Waals surface area contributed by atoms with Crippen LogP contribution >= 0.6 is 0 Å². The maximum absolute atomic E-state index is 5.71. The lowest BCUT2D eigenvalue weighted by molar-refractivity contribution is 0.0240. The zero-order valence-electron chi connectivity index (χ0n) is 7.92. The molecule has 0 aromatic heterocycles. The molecule has 0 bridgehead atoms. The van der Waals surface area contributed by atoms with Gasteiger partial charge in [0.2, 0.25) is 0 Å². The quantitative estimate of drug-likeness (QED) is 0.563. The molecule has 1 nitrogen and oxygen atoms in total. The third kappa shape index (κ3) is 0.868. The second kappa shape index (κ2) is 2.01. The zero-order valence-corrected chi connectivity index (χ0v) is 7.92. The van der Waals surface area contributed by atoms with E-state index in [9.17, 15) is 0 Å². The van der Waals surface area contributed by atoms with Crippen molar-refractivity contribution in [3.05, 3.63) is 0 Å². The SMILES string of the molecule is CC(C)C1OCC2C1C2(C)C. The Labute approximate surface area is 69.1 Å². The molecule has 1 heteroatoms. The molecule has 2 rings (SSSR count). The van der Waals surface area contributed by atoms with Gasteiger partial charge in [-0.3, -0.25) is 0 Å². The van der Waals surface area contributed by atoms with Crippen LogP contribution in [0.5, 0.6) is 0 Å². The number of ether oxygens (including phenoxy) is 1. The first kappa shape index (κ1) is 7.60. The van der Waals surface area contributed by atoms with E-state index in [1.165, 1.54) is 0 Å². The normalized spacial score (nSPS) is 46.1. The highest BCUT2D eigenvalue weighted by atomic mass is 16.5. The summed E-state index contributed by atoms with van der Waals surface area (Å²) in [5, 5.41) is 0. The van der Waals surface area contributed by atoms with Crippen molar-refractivity contribution in [2.24, 2.45) is 23.2 Å². The molecule has 1 aliphatic heterocycles. The van der Waals surface area contributed by atoms with E-state index in [1.807, 2.05) is 0 Å². The molecule has 0 N–H and O–H groups in total. The van der Waals surface area contributed by atoms with E-state index >= 15 is 0 Å². The van der Waals surface area contributed by atoms with Crippen LogP contribution in [0.4, 0.5) is 0 Å². The van der Waals surface area contributed by atoms with Gasteiger partial charge in [-0.1, -0.05) is 27.7 Å². The van der Waals surface area contributed by atoms with E-state index in [-0.39, 0.29) is 0 Å². The fourth-order valence-corrected chi connectivity index (χ4v) is 2.68. The van der Waals surface area contributed by atoms with Crippen LogP contribution in [0.25, 0.3) is 0 Å². The molecule has 0 amide bonds. The van der Waals surface area contributed by atoms with E-state index in [0.717, 1.165) is 18.4 Å². The maximum Gasteiger partial charge on any atom is 0.0635 e. The summed E-state index contributed by atoms with van der Waals surface area (Å²) < 4.78 is 5.71. The molecule has 0 radical (unpaired) electrons. The third-order valence-corrected chi connectivity index (χ3v) is 3.62. The largest absolute Gasteiger partial charge is 0.377 e. The van der Waals surface area contributed by atoms with Crippen LogP contribution in [0.3, 0.4) is 0 Å². The lowest BCUT2D eigenvalue weighted by Crippen LogP contribution is -2.22. The standard InChI is InChI=1S/C10H18O/c1-6(2)9-8-7(5-11-9)10(8,3)4/h6-9H,5H2,1-4H3. The Hall–Kier alpha value is -0.0400. The minimum Gasteiger partial charge on any atom is -0.377 e. The van der Waals surface area contributed by atoms with Gasteiger partial charge in [0.05, 0.1) is 12.7 Å². The predicted octanol–water partition coefficient (Wildman–Crippen LogP) is 2.31. The lowest BCUT2D eigenvalue weighted by atomic mass is 9.97. The highest BCUT2D eigenvalue weighted by Gasteiger charge is 2.65. The summed E-state index contributed by atoms with van der Waals surface area (Å²) in [6.45, 7) is 10.3. The molecule has 2 aliphatic rings. The minimum atomic E-state index is 0.551. The number of hydrogen-bond acceptors (Lipinski definition) is 1. The Bertz CT molecular complexity index is 172. The molecule has 11 heavy (non-hydrogen) atoms. The van der Waals surface area contributed by atoms with Gasteiger partial charge in [0.1, 0.15) is 0 Å². The molecule has 64 valence electrons. The van der Waals surface area contributed by atoms with Gasteiger partial charge in [-0.25, -0.2) is 0 Å². The molecule has 3 atom stereocenters. The highest BCUT2D eigenvalue weighted by Crippen LogP contribution is 2.65. The van der Waals surface area contributed by atoms with E-state index in [4.69, 9.17) is 4.74 Å². The maximum atomic E-state index is 5.71. The van der Waals surface area contributed by atoms with Crippen LogP contribution in [-0.2, 0) is 4.74 Å². The first-order valence-electron chi connectivity index (χ1n) is 4.66. The lowest BCUT2D eigenvalue weighted by Gasteiger charge is -2.21. The molecule has 0 aromatic carbocycles. The van der Waals surface area contributed by atoms with E-state index in [1.54, 1.807) is 0 Å². The molecule has 0 spiro atoms. The first-order chi connectivity index (χ1) is 5.05. The van der Waals surface area contributed by atoms with Gasteiger partial charge in [-0.15, -0.1) is 0 Å². The van der Waals surface area contributed by atoms with Crippen molar-refractivity contribution in [3.8, 4) is 0 Å². The minimum absolute atomic E-state index is 0.551. The van der Waals surface area contributed by atoms with Gasteiger partial charge >= 0.3 is 0 Å². The summed E-state index contributed by atoms with van der Waals surface area (Å²) in [5.41, 5.74) is 0.590. The molecule has 1 saturated heterocycles. The number of fused-ring (bicyclic) bond motifs is 1. The third-order valence-electron chi connectivity index (χ3n) is 3.62. The van der Waals surface area contributed by atoms with Gasteiger partial charge < -0.3 is 4.74 Å². The van der Waals surface area contributed by atoms with E-state index in [0.29, 0.717) is 17.4 Å². The van der Waals surface area contributed by atoms with Crippen LogP contribution in [0.2, 0.25) is 0 Å². The van der Waals surface area contributed by atoms with Crippen molar-refractivity contribution >= 4 is 0 Å². The van der Waals surface area contributed by atoms with Crippen LogP contribution in [0, 0.1) is 23.2 Å². The average Bonchev–Trinajstić information content (AvgIpc) is 2.34. The molecule has 1 heterocycles. The van der Waals surface area contributed by atoms with Gasteiger partial charge in [0, 0.05) is 0 Å². The van der Waals surface area contributed by atoms with Crippen molar-refractivity contribution in [1.82, 2.24) is 0 Å². The summed E-state index contributed by atoms with van der Waals surface area (Å²) in [5.74, 6) is 2.43. The Morgan fingerprint density at radius 2 is 2.00 bits per heavy atom. The van der Waals surface area contributed by atoms with Crippen molar-refractivity contribution in [1.29, 1.82) is 0 Å². The Morgan fingerprint density at radius 3 is 2.27 bits per heavy atom. The summed E-state index contributed by atoms with van der Waals surface area (Å²) in [6.07, 6.45) is 0.551. The fraction of sp³-hybridized carbons (Fsp3) is 1.00. The molecule has 2 fully saturated rings. The fourth-order valence-electron chi connectivity index (χ4n) is 2.68. The second-order valence-corrected chi connectivity index (χ2v) is 5.00. The summed E-state index contributed by atoms with van der Waals surface area (Å²) in [6, 6.07) is 0.